The van der Waals surface area contributed by atoms with Gasteiger partial charge in [0.05, 0.1) is 0 Å². The minimum absolute atomic E-state index is 0.398. The maximum atomic E-state index is 13.2. The summed E-state index contributed by atoms with van der Waals surface area (Å²) in [6.45, 7) is 1.65. The molecular formula is C10H12F2N2S. The highest BCUT2D eigenvalue weighted by atomic mass is 32.2. The van der Waals surface area contributed by atoms with E-state index in [1.807, 2.05) is 16.7 Å². The Balaban J connectivity index is 2.27. The second kappa shape index (κ2) is 4.26. The fourth-order valence-corrected chi connectivity index (χ4v) is 2.48. The maximum Gasteiger partial charge on any atom is 0.151 e. The lowest BCUT2D eigenvalue weighted by molar-refractivity contribution is 0.590. The third-order valence-corrected chi connectivity index (χ3v) is 3.38. The Labute approximate surface area is 91.4 Å². The van der Waals surface area contributed by atoms with E-state index in [2.05, 4.69) is 0 Å². The average Bonchev–Trinajstić information content (AvgIpc) is 2.26. The Morgan fingerprint density at radius 2 is 1.67 bits per heavy atom. The van der Waals surface area contributed by atoms with Crippen molar-refractivity contribution in [1.29, 1.82) is 0 Å². The lowest BCUT2D eigenvalue weighted by Crippen LogP contribution is -2.32. The van der Waals surface area contributed by atoms with Gasteiger partial charge in [0, 0.05) is 30.3 Å². The molecule has 0 unspecified atom stereocenters. The van der Waals surface area contributed by atoms with Gasteiger partial charge in [-0.05, 0) is 12.1 Å². The first-order valence-corrected chi connectivity index (χ1v) is 5.91. The quantitative estimate of drug-likeness (QED) is 0.749. The van der Waals surface area contributed by atoms with Crippen molar-refractivity contribution in [3.05, 3.63) is 23.8 Å². The molecule has 1 aromatic carbocycles. The van der Waals surface area contributed by atoms with Crippen LogP contribution in [0.2, 0.25) is 0 Å². The van der Waals surface area contributed by atoms with E-state index in [1.165, 1.54) is 12.1 Å². The van der Waals surface area contributed by atoms with Crippen LogP contribution in [0.4, 0.5) is 20.2 Å². The van der Waals surface area contributed by atoms with Crippen molar-refractivity contribution in [1.82, 2.24) is 0 Å². The lowest BCUT2D eigenvalue weighted by atomic mass is 10.2. The van der Waals surface area contributed by atoms with Gasteiger partial charge in [-0.25, -0.2) is 8.78 Å². The highest BCUT2D eigenvalue weighted by Crippen LogP contribution is 2.25. The van der Waals surface area contributed by atoms with E-state index in [9.17, 15) is 8.78 Å². The third-order valence-electron chi connectivity index (χ3n) is 2.44. The van der Waals surface area contributed by atoms with Crippen molar-refractivity contribution in [3.8, 4) is 0 Å². The minimum atomic E-state index is -0.678. The summed E-state index contributed by atoms with van der Waals surface area (Å²) < 4.78 is 26.4. The fourth-order valence-electron chi connectivity index (χ4n) is 1.58. The van der Waals surface area contributed by atoms with Crippen LogP contribution in [-0.4, -0.2) is 24.6 Å². The van der Waals surface area contributed by atoms with E-state index >= 15 is 0 Å². The number of anilines is 2. The van der Waals surface area contributed by atoms with Crippen LogP contribution >= 0.6 is 11.8 Å². The average molecular weight is 230 g/mol. The maximum absolute atomic E-state index is 13.2. The van der Waals surface area contributed by atoms with Crippen LogP contribution in [0, 0.1) is 11.6 Å². The van der Waals surface area contributed by atoms with E-state index in [4.69, 9.17) is 5.73 Å². The highest BCUT2D eigenvalue weighted by molar-refractivity contribution is 7.99. The summed E-state index contributed by atoms with van der Waals surface area (Å²) in [5.74, 6) is 0.632. The normalized spacial score (nSPS) is 16.8. The van der Waals surface area contributed by atoms with E-state index in [0.29, 0.717) is 5.69 Å². The van der Waals surface area contributed by atoms with Gasteiger partial charge in [-0.2, -0.15) is 11.8 Å². The summed E-state index contributed by atoms with van der Waals surface area (Å²) in [5, 5.41) is 0. The van der Waals surface area contributed by atoms with Gasteiger partial charge < -0.3 is 10.6 Å². The van der Waals surface area contributed by atoms with E-state index < -0.39 is 17.3 Å². The molecule has 82 valence electrons. The molecule has 1 fully saturated rings. The fraction of sp³-hybridized carbons (Fsp3) is 0.400. The number of halogens is 2. The van der Waals surface area contributed by atoms with Gasteiger partial charge in [-0.3, -0.25) is 0 Å². The molecule has 0 bridgehead atoms. The number of hydrogen-bond acceptors (Lipinski definition) is 3. The molecule has 0 aromatic heterocycles. The van der Waals surface area contributed by atoms with Crippen molar-refractivity contribution in [3.63, 3.8) is 0 Å². The van der Waals surface area contributed by atoms with Crippen molar-refractivity contribution < 1.29 is 8.78 Å². The molecule has 0 saturated carbocycles. The van der Waals surface area contributed by atoms with Crippen LogP contribution in [0.1, 0.15) is 0 Å². The van der Waals surface area contributed by atoms with Gasteiger partial charge in [0.25, 0.3) is 0 Å². The SMILES string of the molecule is Nc1c(F)cc(N2CCSCC2)cc1F. The van der Waals surface area contributed by atoms with E-state index in [-0.39, 0.29) is 0 Å². The van der Waals surface area contributed by atoms with Crippen molar-refractivity contribution >= 4 is 23.1 Å². The molecule has 5 heteroatoms. The number of rotatable bonds is 1. The summed E-state index contributed by atoms with van der Waals surface area (Å²) in [7, 11) is 0. The van der Waals surface area contributed by atoms with Gasteiger partial charge >= 0.3 is 0 Å². The zero-order chi connectivity index (χ0) is 10.8. The molecule has 1 aliphatic heterocycles. The number of nitrogens with two attached hydrogens (primary N) is 1. The number of thioether (sulfide) groups is 1. The number of benzene rings is 1. The van der Waals surface area contributed by atoms with Crippen molar-refractivity contribution in [2.45, 2.75) is 0 Å². The molecular weight excluding hydrogens is 218 g/mol. The van der Waals surface area contributed by atoms with Crippen LogP contribution in [0.3, 0.4) is 0 Å². The molecule has 2 nitrogen and oxygen atoms in total. The van der Waals surface area contributed by atoms with Crippen molar-refractivity contribution in [2.24, 2.45) is 0 Å². The van der Waals surface area contributed by atoms with Crippen LogP contribution in [0.5, 0.6) is 0 Å². The van der Waals surface area contributed by atoms with Crippen LogP contribution in [-0.2, 0) is 0 Å². The smallest absolute Gasteiger partial charge is 0.151 e. The molecule has 0 atom stereocenters. The Kier molecular flexibility index (Phi) is 3.00. The zero-order valence-electron chi connectivity index (χ0n) is 8.17. The summed E-state index contributed by atoms with van der Waals surface area (Å²) in [4.78, 5) is 1.97. The Morgan fingerprint density at radius 1 is 1.13 bits per heavy atom. The van der Waals surface area contributed by atoms with Gasteiger partial charge in [-0.15, -0.1) is 0 Å². The molecule has 0 amide bonds. The Hall–Kier alpha value is -0.970. The number of hydrogen-bond donors (Lipinski definition) is 1. The highest BCUT2D eigenvalue weighted by Gasteiger charge is 2.15. The van der Waals surface area contributed by atoms with Crippen molar-refractivity contribution in [2.75, 3.05) is 35.2 Å². The molecule has 1 saturated heterocycles. The number of nitrogen functional groups attached to an aromatic ring is 1. The monoisotopic (exact) mass is 230 g/mol. The summed E-state index contributed by atoms with van der Waals surface area (Å²) in [6.07, 6.45) is 0. The molecule has 15 heavy (non-hydrogen) atoms. The molecule has 0 aliphatic carbocycles. The molecule has 0 radical (unpaired) electrons. The largest absolute Gasteiger partial charge is 0.394 e. The van der Waals surface area contributed by atoms with E-state index in [1.54, 1.807) is 0 Å². The summed E-state index contributed by atoms with van der Waals surface area (Å²) in [6, 6.07) is 2.60. The minimum Gasteiger partial charge on any atom is -0.394 e. The van der Waals surface area contributed by atoms with Gasteiger partial charge in [0.1, 0.15) is 5.69 Å². The predicted octanol–water partition coefficient (Wildman–Crippen LogP) is 2.10. The van der Waals surface area contributed by atoms with Gasteiger partial charge in [-0.1, -0.05) is 0 Å². The molecule has 1 aliphatic rings. The van der Waals surface area contributed by atoms with E-state index in [0.717, 1.165) is 24.6 Å². The standard InChI is InChI=1S/C10H12F2N2S/c11-8-5-7(6-9(12)10(8)13)14-1-3-15-4-2-14/h5-6H,1-4,13H2. The topological polar surface area (TPSA) is 29.3 Å². The molecule has 0 spiro atoms. The molecule has 2 N–H and O–H groups in total. The van der Waals surface area contributed by atoms with Gasteiger partial charge in [0.2, 0.25) is 0 Å². The van der Waals surface area contributed by atoms with Crippen LogP contribution in [0.15, 0.2) is 12.1 Å². The van der Waals surface area contributed by atoms with Crippen LogP contribution < -0.4 is 10.6 Å². The molecule has 2 rings (SSSR count). The Bertz CT molecular complexity index is 341. The first kappa shape index (κ1) is 10.5. The second-order valence-corrected chi connectivity index (χ2v) is 4.65. The lowest BCUT2D eigenvalue weighted by Gasteiger charge is -2.28. The Morgan fingerprint density at radius 3 is 2.20 bits per heavy atom. The third kappa shape index (κ3) is 2.17. The predicted molar refractivity (Wildman–Crippen MR) is 60.3 cm³/mol. The van der Waals surface area contributed by atoms with Crippen LogP contribution in [0.25, 0.3) is 0 Å². The zero-order valence-corrected chi connectivity index (χ0v) is 8.99. The van der Waals surface area contributed by atoms with Gasteiger partial charge in [0.15, 0.2) is 11.6 Å². The second-order valence-electron chi connectivity index (χ2n) is 3.42. The first-order chi connectivity index (χ1) is 7.18. The summed E-state index contributed by atoms with van der Waals surface area (Å²) >= 11 is 1.85. The first-order valence-electron chi connectivity index (χ1n) is 4.75. The summed E-state index contributed by atoms with van der Waals surface area (Å²) in [5.41, 5.74) is 5.39. The molecule has 1 heterocycles. The molecule has 1 aromatic rings. The number of nitrogens with zero attached hydrogens (tertiary/aromatic N) is 1.